The Labute approximate surface area is 136 Å². The molecule has 23 heavy (non-hydrogen) atoms. The summed E-state index contributed by atoms with van der Waals surface area (Å²) in [6.45, 7) is 4.87. The number of amides is 3. The molecule has 6 heteroatoms. The number of fused-ring (bicyclic) bond motifs is 2. The van der Waals surface area contributed by atoms with Gasteiger partial charge in [-0.05, 0) is 38.0 Å². The molecular formula is C17H25N3O3. The third-order valence-electron chi connectivity index (χ3n) is 5.41. The lowest BCUT2D eigenvalue weighted by Crippen LogP contribution is -2.60. The van der Waals surface area contributed by atoms with E-state index in [4.69, 9.17) is 0 Å². The highest BCUT2D eigenvalue weighted by Gasteiger charge is 2.44. The van der Waals surface area contributed by atoms with Crippen LogP contribution in [-0.2, 0) is 14.4 Å². The lowest BCUT2D eigenvalue weighted by Gasteiger charge is -2.48. The topological polar surface area (TPSA) is 78.5 Å². The normalized spacial score (nSPS) is 33.0. The zero-order valence-electron chi connectivity index (χ0n) is 13.4. The van der Waals surface area contributed by atoms with E-state index in [1.54, 1.807) is 6.08 Å². The van der Waals surface area contributed by atoms with Crippen LogP contribution >= 0.6 is 0 Å². The molecule has 0 aromatic carbocycles. The van der Waals surface area contributed by atoms with Crippen LogP contribution in [0, 0.1) is 11.8 Å². The van der Waals surface area contributed by atoms with Crippen molar-refractivity contribution in [1.29, 1.82) is 0 Å². The van der Waals surface area contributed by atoms with Crippen LogP contribution in [0.3, 0.4) is 0 Å². The summed E-state index contributed by atoms with van der Waals surface area (Å²) in [6.07, 6.45) is 6.40. The van der Waals surface area contributed by atoms with Gasteiger partial charge in [-0.1, -0.05) is 6.08 Å². The van der Waals surface area contributed by atoms with E-state index in [9.17, 15) is 14.4 Å². The van der Waals surface area contributed by atoms with Crippen LogP contribution in [0.15, 0.2) is 12.7 Å². The molecule has 3 fully saturated rings. The largest absolute Gasteiger partial charge is 0.355 e. The van der Waals surface area contributed by atoms with Crippen molar-refractivity contribution < 1.29 is 14.4 Å². The molecule has 1 aliphatic carbocycles. The fourth-order valence-corrected chi connectivity index (χ4v) is 4.19. The first-order valence-corrected chi connectivity index (χ1v) is 8.58. The lowest BCUT2D eigenvalue weighted by atomic mass is 9.76. The Morgan fingerprint density at radius 3 is 2.83 bits per heavy atom. The van der Waals surface area contributed by atoms with Gasteiger partial charge in [0.2, 0.25) is 17.7 Å². The van der Waals surface area contributed by atoms with Gasteiger partial charge in [-0.2, -0.15) is 0 Å². The molecule has 6 nitrogen and oxygen atoms in total. The quantitative estimate of drug-likeness (QED) is 0.588. The number of nitrogens with zero attached hydrogens (tertiary/aromatic N) is 1. The lowest BCUT2D eigenvalue weighted by molar-refractivity contribution is -0.146. The Kier molecular flexibility index (Phi) is 4.68. The molecule has 3 rings (SSSR count). The Bertz CT molecular complexity index is 519. The van der Waals surface area contributed by atoms with Gasteiger partial charge in [-0.25, -0.2) is 0 Å². The first kappa shape index (κ1) is 16.0. The van der Waals surface area contributed by atoms with Crippen molar-refractivity contribution >= 4 is 17.7 Å². The SMILES string of the molecule is C=CCC(=O)NC1CCC2CCN(C(=O)C3CCNC3=O)C1C2. The fraction of sp³-hybridized carbons (Fsp3) is 0.706. The zero-order valence-corrected chi connectivity index (χ0v) is 13.4. The Hall–Kier alpha value is -1.85. The molecule has 4 atom stereocenters. The van der Waals surface area contributed by atoms with Crippen molar-refractivity contribution in [2.45, 2.75) is 50.6 Å². The van der Waals surface area contributed by atoms with E-state index in [0.717, 1.165) is 25.7 Å². The molecule has 0 aromatic rings. The Balaban J connectivity index is 1.71. The summed E-state index contributed by atoms with van der Waals surface area (Å²) in [5.41, 5.74) is 0. The summed E-state index contributed by atoms with van der Waals surface area (Å²) in [5.74, 6) is -0.166. The maximum absolute atomic E-state index is 12.8. The minimum Gasteiger partial charge on any atom is -0.355 e. The molecular weight excluding hydrogens is 294 g/mol. The summed E-state index contributed by atoms with van der Waals surface area (Å²) < 4.78 is 0. The molecule has 0 radical (unpaired) electrons. The van der Waals surface area contributed by atoms with Crippen LogP contribution in [0.5, 0.6) is 0 Å². The van der Waals surface area contributed by atoms with Gasteiger partial charge in [0.05, 0.1) is 6.04 Å². The molecule has 3 amide bonds. The molecule has 4 unspecified atom stereocenters. The highest BCUT2D eigenvalue weighted by Crippen LogP contribution is 2.36. The molecule has 2 aliphatic heterocycles. The second kappa shape index (κ2) is 6.72. The van der Waals surface area contributed by atoms with Crippen LogP contribution < -0.4 is 10.6 Å². The second-order valence-electron chi connectivity index (χ2n) is 6.87. The fourth-order valence-electron chi connectivity index (χ4n) is 4.19. The third kappa shape index (κ3) is 3.26. The van der Waals surface area contributed by atoms with Gasteiger partial charge in [0, 0.05) is 25.6 Å². The van der Waals surface area contributed by atoms with Gasteiger partial charge in [-0.15, -0.1) is 6.58 Å². The smallest absolute Gasteiger partial charge is 0.235 e. The van der Waals surface area contributed by atoms with Crippen LogP contribution in [0.2, 0.25) is 0 Å². The van der Waals surface area contributed by atoms with E-state index < -0.39 is 5.92 Å². The zero-order chi connectivity index (χ0) is 16.4. The number of hydrogen-bond donors (Lipinski definition) is 2. The van der Waals surface area contributed by atoms with E-state index in [-0.39, 0.29) is 29.8 Å². The Morgan fingerprint density at radius 1 is 1.30 bits per heavy atom. The number of nitrogens with one attached hydrogen (secondary N) is 2. The van der Waals surface area contributed by atoms with Crippen molar-refractivity contribution in [2.24, 2.45) is 11.8 Å². The number of carbonyl (C=O) groups is 3. The standard InChI is InChI=1S/C17H25N3O3/c1-2-3-15(21)19-13-5-4-11-7-9-20(14(13)10-11)17(23)12-6-8-18-16(12)22/h2,11-14H,1,3-10H2,(H,18,22)(H,19,21). The van der Waals surface area contributed by atoms with E-state index in [2.05, 4.69) is 17.2 Å². The predicted octanol–water partition coefficient (Wildman–Crippen LogP) is 0.584. The van der Waals surface area contributed by atoms with Crippen molar-refractivity contribution in [3.63, 3.8) is 0 Å². The highest BCUT2D eigenvalue weighted by molar-refractivity contribution is 6.01. The van der Waals surface area contributed by atoms with Gasteiger partial charge < -0.3 is 15.5 Å². The van der Waals surface area contributed by atoms with Crippen LogP contribution in [-0.4, -0.2) is 47.8 Å². The summed E-state index contributed by atoms with van der Waals surface area (Å²) in [7, 11) is 0. The molecule has 126 valence electrons. The summed E-state index contributed by atoms with van der Waals surface area (Å²) in [5, 5.41) is 5.80. The van der Waals surface area contributed by atoms with Crippen LogP contribution in [0.1, 0.15) is 38.5 Å². The van der Waals surface area contributed by atoms with E-state index in [0.29, 0.717) is 31.8 Å². The van der Waals surface area contributed by atoms with Crippen LogP contribution in [0.25, 0.3) is 0 Å². The molecule has 3 aliphatic rings. The highest BCUT2D eigenvalue weighted by atomic mass is 16.2. The summed E-state index contributed by atoms with van der Waals surface area (Å²) in [4.78, 5) is 38.4. The monoisotopic (exact) mass is 319 g/mol. The van der Waals surface area contributed by atoms with Crippen molar-refractivity contribution in [1.82, 2.24) is 15.5 Å². The van der Waals surface area contributed by atoms with E-state index >= 15 is 0 Å². The molecule has 2 saturated heterocycles. The van der Waals surface area contributed by atoms with Crippen molar-refractivity contribution in [2.75, 3.05) is 13.1 Å². The first-order valence-electron chi connectivity index (χ1n) is 8.58. The molecule has 2 N–H and O–H groups in total. The van der Waals surface area contributed by atoms with Gasteiger partial charge >= 0.3 is 0 Å². The minimum absolute atomic E-state index is 0.00702. The van der Waals surface area contributed by atoms with Crippen molar-refractivity contribution in [3.8, 4) is 0 Å². The molecule has 2 bridgehead atoms. The van der Waals surface area contributed by atoms with Gasteiger partial charge in [0.25, 0.3) is 0 Å². The average molecular weight is 319 g/mol. The molecule has 0 spiro atoms. The third-order valence-corrected chi connectivity index (χ3v) is 5.41. The number of hydrogen-bond acceptors (Lipinski definition) is 3. The maximum atomic E-state index is 12.8. The van der Waals surface area contributed by atoms with Gasteiger partial charge in [0.1, 0.15) is 5.92 Å². The number of carbonyl (C=O) groups excluding carboxylic acids is 3. The summed E-state index contributed by atoms with van der Waals surface area (Å²) in [6, 6.07) is 0.0181. The molecule has 1 saturated carbocycles. The number of piperidine rings is 1. The van der Waals surface area contributed by atoms with Gasteiger partial charge in [-0.3, -0.25) is 14.4 Å². The van der Waals surface area contributed by atoms with Crippen LogP contribution in [0.4, 0.5) is 0 Å². The second-order valence-corrected chi connectivity index (χ2v) is 6.87. The van der Waals surface area contributed by atoms with E-state index in [1.165, 1.54) is 0 Å². The molecule has 0 aromatic heterocycles. The maximum Gasteiger partial charge on any atom is 0.235 e. The number of likely N-dealkylation sites (tertiary alicyclic amines) is 1. The predicted molar refractivity (Wildman–Crippen MR) is 85.3 cm³/mol. The number of rotatable bonds is 4. The summed E-state index contributed by atoms with van der Waals surface area (Å²) >= 11 is 0. The van der Waals surface area contributed by atoms with Gasteiger partial charge in [0.15, 0.2) is 0 Å². The molecule has 2 heterocycles. The Morgan fingerprint density at radius 2 is 2.13 bits per heavy atom. The van der Waals surface area contributed by atoms with E-state index in [1.807, 2.05) is 4.90 Å². The average Bonchev–Trinajstić information content (AvgIpc) is 2.96. The minimum atomic E-state index is -0.544. The van der Waals surface area contributed by atoms with Crippen molar-refractivity contribution in [3.05, 3.63) is 12.7 Å². The first-order chi connectivity index (χ1) is 11.1.